The fraction of sp³-hybridized carbons (Fsp3) is 0.500. The second-order valence-electron chi connectivity index (χ2n) is 4.53. The van der Waals surface area contributed by atoms with Gasteiger partial charge in [0.25, 0.3) is 0 Å². The Kier molecular flexibility index (Phi) is 5.91. The van der Waals surface area contributed by atoms with E-state index in [2.05, 4.69) is 15.9 Å². The van der Waals surface area contributed by atoms with E-state index >= 15 is 0 Å². The predicted molar refractivity (Wildman–Crippen MR) is 78.2 cm³/mol. The van der Waals surface area contributed by atoms with E-state index in [0.29, 0.717) is 6.54 Å². The lowest BCUT2D eigenvalue weighted by atomic mass is 10.1. The Hall–Kier alpha value is -0.500. The van der Waals surface area contributed by atoms with Gasteiger partial charge in [-0.1, -0.05) is 15.9 Å². The summed E-state index contributed by atoms with van der Waals surface area (Å²) in [5.41, 5.74) is 6.45. The maximum atomic E-state index is 13.3. The van der Waals surface area contributed by atoms with Crippen molar-refractivity contribution in [3.05, 3.63) is 34.1 Å². The van der Waals surface area contributed by atoms with E-state index in [1.165, 1.54) is 18.4 Å². The van der Waals surface area contributed by atoms with Crippen molar-refractivity contribution in [3.63, 3.8) is 0 Å². The van der Waals surface area contributed by atoms with Crippen molar-refractivity contribution in [3.8, 4) is 0 Å². The Morgan fingerprint density at radius 1 is 1.47 bits per heavy atom. The van der Waals surface area contributed by atoms with Crippen LogP contribution in [0.1, 0.15) is 11.6 Å². The van der Waals surface area contributed by atoms with Crippen molar-refractivity contribution in [1.82, 2.24) is 4.90 Å². The standard InChI is InChI=1S/C12H18BrFN2O2S/c1-16(5-6-19(2,17)18)12(8-15)10-7-9(14)3-4-11(10)13/h3-4,7,12H,5-6,8,15H2,1-2H3. The number of likely N-dealkylation sites (N-methyl/N-ethyl adjacent to an activating group) is 1. The number of benzene rings is 1. The van der Waals surface area contributed by atoms with E-state index < -0.39 is 9.84 Å². The summed E-state index contributed by atoms with van der Waals surface area (Å²) in [4.78, 5) is 1.82. The molecule has 0 fully saturated rings. The first-order chi connectivity index (χ1) is 8.74. The van der Waals surface area contributed by atoms with Crippen molar-refractivity contribution in [2.45, 2.75) is 6.04 Å². The van der Waals surface area contributed by atoms with Gasteiger partial charge in [0.2, 0.25) is 0 Å². The van der Waals surface area contributed by atoms with Crippen LogP contribution in [-0.2, 0) is 9.84 Å². The highest BCUT2D eigenvalue weighted by atomic mass is 79.9. The zero-order chi connectivity index (χ0) is 14.6. The number of sulfone groups is 1. The van der Waals surface area contributed by atoms with Gasteiger partial charge in [-0.25, -0.2) is 12.8 Å². The second kappa shape index (κ2) is 6.78. The highest BCUT2D eigenvalue weighted by Crippen LogP contribution is 2.27. The van der Waals surface area contributed by atoms with E-state index in [4.69, 9.17) is 5.73 Å². The Morgan fingerprint density at radius 2 is 2.11 bits per heavy atom. The zero-order valence-corrected chi connectivity index (χ0v) is 13.3. The van der Waals surface area contributed by atoms with Gasteiger partial charge in [0.05, 0.1) is 5.75 Å². The third-order valence-corrected chi connectivity index (χ3v) is 4.53. The molecule has 0 aliphatic carbocycles. The van der Waals surface area contributed by atoms with Crippen molar-refractivity contribution >= 4 is 25.8 Å². The Labute approximate surface area is 121 Å². The molecule has 1 atom stereocenters. The Morgan fingerprint density at radius 3 is 2.63 bits per heavy atom. The summed E-state index contributed by atoms with van der Waals surface area (Å²) in [6.07, 6.45) is 1.19. The maximum absolute atomic E-state index is 13.3. The first-order valence-corrected chi connectivity index (χ1v) is 8.63. The van der Waals surface area contributed by atoms with Crippen LogP contribution in [0.15, 0.2) is 22.7 Å². The van der Waals surface area contributed by atoms with Gasteiger partial charge in [0.1, 0.15) is 15.7 Å². The first kappa shape index (κ1) is 16.6. The number of rotatable bonds is 6. The smallest absolute Gasteiger partial charge is 0.148 e. The van der Waals surface area contributed by atoms with Crippen LogP contribution in [0.3, 0.4) is 0 Å². The summed E-state index contributed by atoms with van der Waals surface area (Å²) in [6.45, 7) is 0.631. The fourth-order valence-corrected chi connectivity index (χ4v) is 2.91. The molecule has 0 saturated carbocycles. The predicted octanol–water partition coefficient (Wildman–Crippen LogP) is 1.56. The summed E-state index contributed by atoms with van der Waals surface area (Å²) >= 11 is 3.36. The molecule has 4 nitrogen and oxygen atoms in total. The summed E-state index contributed by atoms with van der Waals surface area (Å²) < 4.78 is 36.4. The van der Waals surface area contributed by atoms with Crippen molar-refractivity contribution in [2.75, 3.05) is 32.1 Å². The van der Waals surface area contributed by atoms with E-state index in [1.807, 2.05) is 4.90 Å². The number of nitrogens with two attached hydrogens (primary N) is 1. The molecule has 0 amide bonds. The van der Waals surface area contributed by atoms with Crippen molar-refractivity contribution in [2.24, 2.45) is 5.73 Å². The summed E-state index contributed by atoms with van der Waals surface area (Å²) in [5.74, 6) is -0.291. The minimum atomic E-state index is -3.03. The molecule has 1 aromatic carbocycles. The van der Waals surface area contributed by atoms with E-state index in [9.17, 15) is 12.8 Å². The SMILES string of the molecule is CN(CCS(C)(=O)=O)C(CN)c1cc(F)ccc1Br. The van der Waals surface area contributed by atoms with E-state index in [-0.39, 0.29) is 24.2 Å². The molecule has 19 heavy (non-hydrogen) atoms. The normalized spacial score (nSPS) is 13.8. The molecular formula is C12H18BrFN2O2S. The number of hydrogen-bond donors (Lipinski definition) is 1. The molecule has 0 aliphatic rings. The lowest BCUT2D eigenvalue weighted by Crippen LogP contribution is -2.34. The van der Waals surface area contributed by atoms with Crippen LogP contribution in [0, 0.1) is 5.82 Å². The molecule has 0 aromatic heterocycles. The van der Waals surface area contributed by atoms with Gasteiger partial charge < -0.3 is 5.73 Å². The Balaban J connectivity index is 2.90. The molecular weight excluding hydrogens is 335 g/mol. The van der Waals surface area contributed by atoms with Crippen molar-refractivity contribution in [1.29, 1.82) is 0 Å². The van der Waals surface area contributed by atoms with Crippen LogP contribution >= 0.6 is 15.9 Å². The quantitative estimate of drug-likeness (QED) is 0.843. The first-order valence-electron chi connectivity index (χ1n) is 5.77. The van der Waals surface area contributed by atoms with E-state index in [0.717, 1.165) is 10.0 Å². The lowest BCUT2D eigenvalue weighted by molar-refractivity contribution is 0.263. The van der Waals surface area contributed by atoms with Gasteiger partial charge in [-0.15, -0.1) is 0 Å². The molecule has 0 saturated heterocycles. The second-order valence-corrected chi connectivity index (χ2v) is 7.64. The molecule has 0 radical (unpaired) electrons. The van der Waals surface area contributed by atoms with Crippen LogP contribution in [0.5, 0.6) is 0 Å². The molecule has 7 heteroatoms. The molecule has 0 bridgehead atoms. The molecule has 2 N–H and O–H groups in total. The number of nitrogens with zero attached hydrogens (tertiary/aromatic N) is 1. The van der Waals surface area contributed by atoms with Crippen LogP contribution in [0.2, 0.25) is 0 Å². The molecule has 0 heterocycles. The largest absolute Gasteiger partial charge is 0.329 e. The highest BCUT2D eigenvalue weighted by Gasteiger charge is 2.19. The third-order valence-electron chi connectivity index (χ3n) is 2.89. The fourth-order valence-electron chi connectivity index (χ4n) is 1.78. The van der Waals surface area contributed by atoms with Crippen LogP contribution in [-0.4, -0.2) is 45.5 Å². The van der Waals surface area contributed by atoms with Gasteiger partial charge in [-0.05, 0) is 30.8 Å². The van der Waals surface area contributed by atoms with Crippen LogP contribution in [0.25, 0.3) is 0 Å². The number of hydrogen-bond acceptors (Lipinski definition) is 4. The van der Waals surface area contributed by atoms with Gasteiger partial charge in [-0.2, -0.15) is 0 Å². The minimum absolute atomic E-state index is 0.0485. The molecule has 0 spiro atoms. The minimum Gasteiger partial charge on any atom is -0.329 e. The average molecular weight is 353 g/mol. The monoisotopic (exact) mass is 352 g/mol. The molecule has 108 valence electrons. The molecule has 0 aliphatic heterocycles. The topological polar surface area (TPSA) is 63.4 Å². The van der Waals surface area contributed by atoms with Gasteiger partial charge in [0, 0.05) is 29.9 Å². The number of halogens is 2. The average Bonchev–Trinajstić information content (AvgIpc) is 2.31. The summed E-state index contributed by atoms with van der Waals surface area (Å²) in [5, 5.41) is 0. The third kappa shape index (κ3) is 5.18. The highest BCUT2D eigenvalue weighted by molar-refractivity contribution is 9.10. The molecule has 1 rings (SSSR count). The molecule has 1 unspecified atom stereocenters. The van der Waals surface area contributed by atoms with E-state index in [1.54, 1.807) is 13.1 Å². The van der Waals surface area contributed by atoms with Crippen molar-refractivity contribution < 1.29 is 12.8 Å². The lowest BCUT2D eigenvalue weighted by Gasteiger charge is -2.27. The van der Waals surface area contributed by atoms with Crippen LogP contribution < -0.4 is 5.73 Å². The van der Waals surface area contributed by atoms with Gasteiger partial charge in [-0.3, -0.25) is 4.90 Å². The Bertz CT molecular complexity index is 537. The maximum Gasteiger partial charge on any atom is 0.148 e. The zero-order valence-electron chi connectivity index (χ0n) is 10.9. The van der Waals surface area contributed by atoms with Gasteiger partial charge >= 0.3 is 0 Å². The van der Waals surface area contributed by atoms with Gasteiger partial charge in [0.15, 0.2) is 0 Å². The summed E-state index contributed by atoms with van der Waals surface area (Å²) in [6, 6.07) is 4.17. The molecule has 1 aromatic rings. The van der Waals surface area contributed by atoms with Crippen LogP contribution in [0.4, 0.5) is 4.39 Å². The summed E-state index contributed by atoms with van der Waals surface area (Å²) in [7, 11) is -1.25.